The first-order chi connectivity index (χ1) is 6.81. The summed E-state index contributed by atoms with van der Waals surface area (Å²) in [6.07, 6.45) is 6.13. The molecule has 14 heavy (non-hydrogen) atoms. The molecule has 0 aromatic heterocycles. The number of carbonyl (C=O) groups excluding carboxylic acids is 1. The van der Waals surface area contributed by atoms with Gasteiger partial charge in [0.25, 0.3) is 0 Å². The normalized spacial score (nSPS) is 10.1. The quantitative estimate of drug-likeness (QED) is 0.426. The van der Waals surface area contributed by atoms with Crippen molar-refractivity contribution in [3.05, 3.63) is 0 Å². The van der Waals surface area contributed by atoms with Crippen LogP contribution in [0.15, 0.2) is 0 Å². The SMILES string of the molecule is CCOC(=O)CCCCCCCOC. The van der Waals surface area contributed by atoms with Crippen LogP contribution < -0.4 is 0 Å². The zero-order chi connectivity index (χ0) is 10.6. The Kier molecular flexibility index (Phi) is 10.1. The third kappa shape index (κ3) is 9.52. The van der Waals surface area contributed by atoms with Crippen molar-refractivity contribution < 1.29 is 14.3 Å². The number of carbonyl (C=O) groups is 1. The zero-order valence-corrected chi connectivity index (χ0v) is 9.38. The van der Waals surface area contributed by atoms with E-state index in [1.807, 2.05) is 6.92 Å². The molecule has 0 aliphatic heterocycles. The van der Waals surface area contributed by atoms with E-state index in [1.54, 1.807) is 7.11 Å². The number of hydrogen-bond acceptors (Lipinski definition) is 3. The van der Waals surface area contributed by atoms with Gasteiger partial charge in [0.2, 0.25) is 0 Å². The molecule has 0 saturated heterocycles. The summed E-state index contributed by atoms with van der Waals surface area (Å²) in [5, 5.41) is 0. The standard InChI is InChI=1S/C11H22O3/c1-3-14-11(12)9-7-5-4-6-8-10-13-2/h3-10H2,1-2H3. The Morgan fingerprint density at radius 1 is 1.07 bits per heavy atom. The van der Waals surface area contributed by atoms with Gasteiger partial charge in [-0.1, -0.05) is 19.3 Å². The topological polar surface area (TPSA) is 35.5 Å². The third-order valence-corrected chi connectivity index (χ3v) is 2.03. The van der Waals surface area contributed by atoms with Gasteiger partial charge in [0.15, 0.2) is 0 Å². The molecule has 0 rings (SSSR count). The first-order valence-corrected chi connectivity index (χ1v) is 5.45. The zero-order valence-electron chi connectivity index (χ0n) is 9.38. The first kappa shape index (κ1) is 13.4. The molecule has 84 valence electrons. The molecule has 0 bridgehead atoms. The van der Waals surface area contributed by atoms with Crippen molar-refractivity contribution >= 4 is 5.97 Å². The second kappa shape index (κ2) is 10.5. The van der Waals surface area contributed by atoms with Crippen molar-refractivity contribution in [3.8, 4) is 0 Å². The Morgan fingerprint density at radius 3 is 2.36 bits per heavy atom. The molecule has 0 N–H and O–H groups in total. The van der Waals surface area contributed by atoms with E-state index < -0.39 is 0 Å². The number of ether oxygens (including phenoxy) is 2. The molecule has 0 fully saturated rings. The van der Waals surface area contributed by atoms with Crippen LogP contribution in [-0.4, -0.2) is 26.3 Å². The Hall–Kier alpha value is -0.570. The van der Waals surface area contributed by atoms with Crippen molar-refractivity contribution in [2.45, 2.75) is 45.4 Å². The fourth-order valence-corrected chi connectivity index (χ4v) is 1.28. The van der Waals surface area contributed by atoms with Crippen LogP contribution in [0, 0.1) is 0 Å². The van der Waals surface area contributed by atoms with Crippen LogP contribution in [0.25, 0.3) is 0 Å². The van der Waals surface area contributed by atoms with Crippen LogP contribution in [0.3, 0.4) is 0 Å². The minimum Gasteiger partial charge on any atom is -0.466 e. The number of hydrogen-bond donors (Lipinski definition) is 0. The average molecular weight is 202 g/mol. The van der Waals surface area contributed by atoms with E-state index in [9.17, 15) is 4.79 Å². The molecule has 0 aliphatic rings. The summed E-state index contributed by atoms with van der Waals surface area (Å²) in [4.78, 5) is 10.9. The minimum absolute atomic E-state index is 0.0654. The number of esters is 1. The third-order valence-electron chi connectivity index (χ3n) is 2.03. The summed E-state index contributed by atoms with van der Waals surface area (Å²) in [6.45, 7) is 3.17. The number of rotatable bonds is 9. The molecular weight excluding hydrogens is 180 g/mol. The summed E-state index contributed by atoms with van der Waals surface area (Å²) in [7, 11) is 1.72. The fourth-order valence-electron chi connectivity index (χ4n) is 1.28. The van der Waals surface area contributed by atoms with E-state index in [0.717, 1.165) is 25.9 Å². The van der Waals surface area contributed by atoms with Gasteiger partial charge in [0, 0.05) is 20.1 Å². The van der Waals surface area contributed by atoms with Crippen molar-refractivity contribution in [1.82, 2.24) is 0 Å². The van der Waals surface area contributed by atoms with Crippen molar-refractivity contribution in [3.63, 3.8) is 0 Å². The van der Waals surface area contributed by atoms with Gasteiger partial charge in [-0.05, 0) is 19.8 Å². The lowest BCUT2D eigenvalue weighted by Crippen LogP contribution is -2.03. The molecule has 0 amide bonds. The molecule has 0 saturated carbocycles. The highest BCUT2D eigenvalue weighted by Crippen LogP contribution is 2.06. The smallest absolute Gasteiger partial charge is 0.305 e. The molecule has 3 heteroatoms. The predicted octanol–water partition coefficient (Wildman–Crippen LogP) is 2.54. The molecule has 0 atom stereocenters. The van der Waals surface area contributed by atoms with E-state index in [-0.39, 0.29) is 5.97 Å². The van der Waals surface area contributed by atoms with Crippen LogP contribution >= 0.6 is 0 Å². The highest BCUT2D eigenvalue weighted by atomic mass is 16.5. The second-order valence-electron chi connectivity index (χ2n) is 3.32. The largest absolute Gasteiger partial charge is 0.466 e. The second-order valence-corrected chi connectivity index (χ2v) is 3.32. The molecule has 0 unspecified atom stereocenters. The molecule has 0 spiro atoms. The van der Waals surface area contributed by atoms with Gasteiger partial charge in [0.05, 0.1) is 6.61 Å². The monoisotopic (exact) mass is 202 g/mol. The molecule has 0 aromatic rings. The average Bonchev–Trinajstić information content (AvgIpc) is 2.17. The highest BCUT2D eigenvalue weighted by Gasteiger charge is 2.00. The summed E-state index contributed by atoms with van der Waals surface area (Å²) in [5.41, 5.74) is 0. The van der Waals surface area contributed by atoms with E-state index in [2.05, 4.69) is 0 Å². The number of unbranched alkanes of at least 4 members (excludes halogenated alkanes) is 4. The maximum atomic E-state index is 10.9. The van der Waals surface area contributed by atoms with E-state index in [4.69, 9.17) is 9.47 Å². The molecule has 0 radical (unpaired) electrons. The van der Waals surface area contributed by atoms with Crippen molar-refractivity contribution in [1.29, 1.82) is 0 Å². The van der Waals surface area contributed by atoms with Crippen LogP contribution in [0.4, 0.5) is 0 Å². The lowest BCUT2D eigenvalue weighted by molar-refractivity contribution is -0.143. The Labute approximate surface area is 86.8 Å². The van der Waals surface area contributed by atoms with Crippen LogP contribution in [0.1, 0.15) is 45.4 Å². The van der Waals surface area contributed by atoms with Gasteiger partial charge in [0.1, 0.15) is 0 Å². The van der Waals surface area contributed by atoms with Crippen LogP contribution in [0.2, 0.25) is 0 Å². The van der Waals surface area contributed by atoms with Gasteiger partial charge in [-0.15, -0.1) is 0 Å². The van der Waals surface area contributed by atoms with Gasteiger partial charge < -0.3 is 9.47 Å². The molecule has 0 aliphatic carbocycles. The molecular formula is C11H22O3. The van der Waals surface area contributed by atoms with E-state index >= 15 is 0 Å². The summed E-state index contributed by atoms with van der Waals surface area (Å²) in [6, 6.07) is 0. The highest BCUT2D eigenvalue weighted by molar-refractivity contribution is 5.69. The summed E-state index contributed by atoms with van der Waals surface area (Å²) in [5.74, 6) is -0.0654. The fraction of sp³-hybridized carbons (Fsp3) is 0.909. The molecule has 3 nitrogen and oxygen atoms in total. The Bertz CT molecular complexity index is 134. The summed E-state index contributed by atoms with van der Waals surface area (Å²) >= 11 is 0. The first-order valence-electron chi connectivity index (χ1n) is 5.45. The maximum Gasteiger partial charge on any atom is 0.305 e. The van der Waals surface area contributed by atoms with Gasteiger partial charge in [-0.3, -0.25) is 4.79 Å². The number of methoxy groups -OCH3 is 1. The van der Waals surface area contributed by atoms with Crippen molar-refractivity contribution in [2.24, 2.45) is 0 Å². The predicted molar refractivity (Wildman–Crippen MR) is 56.2 cm³/mol. The lowest BCUT2D eigenvalue weighted by atomic mass is 10.1. The maximum absolute atomic E-state index is 10.9. The molecule has 0 heterocycles. The van der Waals surface area contributed by atoms with Gasteiger partial charge >= 0.3 is 5.97 Å². The Balaban J connectivity index is 3.01. The minimum atomic E-state index is -0.0654. The lowest BCUT2D eigenvalue weighted by Gasteiger charge is -2.02. The summed E-state index contributed by atoms with van der Waals surface area (Å²) < 4.78 is 9.77. The van der Waals surface area contributed by atoms with Crippen LogP contribution in [-0.2, 0) is 14.3 Å². The van der Waals surface area contributed by atoms with Crippen LogP contribution in [0.5, 0.6) is 0 Å². The van der Waals surface area contributed by atoms with Crippen molar-refractivity contribution in [2.75, 3.05) is 20.3 Å². The van der Waals surface area contributed by atoms with Gasteiger partial charge in [-0.25, -0.2) is 0 Å². The molecule has 0 aromatic carbocycles. The van der Waals surface area contributed by atoms with E-state index in [0.29, 0.717) is 13.0 Å². The van der Waals surface area contributed by atoms with Gasteiger partial charge in [-0.2, -0.15) is 0 Å². The van der Waals surface area contributed by atoms with E-state index in [1.165, 1.54) is 12.8 Å². The Morgan fingerprint density at radius 2 is 1.71 bits per heavy atom.